The second-order valence-corrected chi connectivity index (χ2v) is 3.94. The molecule has 108 valence electrons. The van der Waals surface area contributed by atoms with Gasteiger partial charge in [-0.05, 0) is 24.3 Å². The number of benzene rings is 1. The van der Waals surface area contributed by atoms with E-state index in [0.717, 1.165) is 18.2 Å². The second-order valence-electron chi connectivity index (χ2n) is 3.94. The van der Waals surface area contributed by atoms with Gasteiger partial charge < -0.3 is 10.1 Å². The Morgan fingerprint density at radius 2 is 2.19 bits per heavy atom. The SMILES string of the molecule is COc1ncccc1NC(=O)c1ccc(F)c([N+](=O)[O-])c1. The number of nitrogens with zero attached hydrogens (tertiary/aromatic N) is 2. The number of halogens is 1. The van der Waals surface area contributed by atoms with Gasteiger partial charge in [-0.25, -0.2) is 4.98 Å². The van der Waals surface area contributed by atoms with Gasteiger partial charge in [0.1, 0.15) is 5.69 Å². The molecule has 2 rings (SSSR count). The van der Waals surface area contributed by atoms with Gasteiger partial charge in [-0.2, -0.15) is 4.39 Å². The minimum absolute atomic E-state index is 0.0472. The van der Waals surface area contributed by atoms with E-state index in [1.54, 1.807) is 12.1 Å². The third-order valence-electron chi connectivity index (χ3n) is 2.62. The van der Waals surface area contributed by atoms with Crippen LogP contribution in [0.2, 0.25) is 0 Å². The van der Waals surface area contributed by atoms with Crippen molar-refractivity contribution in [3.8, 4) is 5.88 Å². The number of carbonyl (C=O) groups excluding carboxylic acids is 1. The van der Waals surface area contributed by atoms with Gasteiger partial charge in [0.05, 0.1) is 12.0 Å². The molecule has 0 saturated heterocycles. The van der Waals surface area contributed by atoms with Crippen LogP contribution in [-0.2, 0) is 0 Å². The summed E-state index contributed by atoms with van der Waals surface area (Å²) in [5.74, 6) is -1.44. The summed E-state index contributed by atoms with van der Waals surface area (Å²) in [5.41, 5.74) is -0.508. The summed E-state index contributed by atoms with van der Waals surface area (Å²) >= 11 is 0. The van der Waals surface area contributed by atoms with E-state index in [9.17, 15) is 19.3 Å². The Labute approximate surface area is 118 Å². The van der Waals surface area contributed by atoms with Crippen molar-refractivity contribution < 1.29 is 18.8 Å². The Kier molecular flexibility index (Phi) is 4.07. The lowest BCUT2D eigenvalue weighted by Crippen LogP contribution is -2.13. The number of ether oxygens (including phenoxy) is 1. The second kappa shape index (κ2) is 5.95. The minimum Gasteiger partial charge on any atom is -0.480 e. The Morgan fingerprint density at radius 3 is 2.86 bits per heavy atom. The monoisotopic (exact) mass is 291 g/mol. The van der Waals surface area contributed by atoms with Gasteiger partial charge in [0.2, 0.25) is 11.7 Å². The summed E-state index contributed by atoms with van der Waals surface area (Å²) in [7, 11) is 1.39. The number of nitrogens with one attached hydrogen (secondary N) is 1. The molecule has 0 aliphatic carbocycles. The van der Waals surface area contributed by atoms with E-state index in [4.69, 9.17) is 4.74 Å². The number of rotatable bonds is 4. The van der Waals surface area contributed by atoms with Crippen molar-refractivity contribution in [2.75, 3.05) is 12.4 Å². The van der Waals surface area contributed by atoms with Crippen LogP contribution in [0.3, 0.4) is 0 Å². The van der Waals surface area contributed by atoms with Crippen molar-refractivity contribution in [2.24, 2.45) is 0 Å². The number of hydrogen-bond donors (Lipinski definition) is 1. The van der Waals surface area contributed by atoms with E-state index in [-0.39, 0.29) is 11.4 Å². The summed E-state index contributed by atoms with van der Waals surface area (Å²) in [6.45, 7) is 0. The van der Waals surface area contributed by atoms with Crippen molar-refractivity contribution in [1.82, 2.24) is 4.98 Å². The van der Waals surface area contributed by atoms with Gasteiger partial charge >= 0.3 is 5.69 Å². The van der Waals surface area contributed by atoms with E-state index < -0.39 is 22.3 Å². The smallest absolute Gasteiger partial charge is 0.305 e. The molecule has 0 bridgehead atoms. The minimum atomic E-state index is -1.00. The van der Waals surface area contributed by atoms with Gasteiger partial charge in [0, 0.05) is 17.8 Å². The third kappa shape index (κ3) is 3.11. The van der Waals surface area contributed by atoms with Crippen molar-refractivity contribution in [1.29, 1.82) is 0 Å². The molecule has 0 saturated carbocycles. The van der Waals surface area contributed by atoms with E-state index in [2.05, 4.69) is 10.3 Å². The van der Waals surface area contributed by atoms with Crippen LogP contribution in [0.4, 0.5) is 15.8 Å². The van der Waals surface area contributed by atoms with Crippen LogP contribution in [0.1, 0.15) is 10.4 Å². The van der Waals surface area contributed by atoms with Crippen LogP contribution in [0.25, 0.3) is 0 Å². The third-order valence-corrected chi connectivity index (χ3v) is 2.62. The number of pyridine rings is 1. The van der Waals surface area contributed by atoms with E-state index in [0.29, 0.717) is 5.69 Å². The van der Waals surface area contributed by atoms with Gasteiger partial charge in [-0.15, -0.1) is 0 Å². The zero-order chi connectivity index (χ0) is 15.4. The van der Waals surface area contributed by atoms with Crippen molar-refractivity contribution >= 4 is 17.3 Å². The molecule has 1 N–H and O–H groups in total. The highest BCUT2D eigenvalue weighted by Gasteiger charge is 2.18. The molecule has 7 nitrogen and oxygen atoms in total. The molecular weight excluding hydrogens is 281 g/mol. The Bertz CT molecular complexity index is 706. The number of aromatic nitrogens is 1. The largest absolute Gasteiger partial charge is 0.480 e. The van der Waals surface area contributed by atoms with Gasteiger partial charge in [0.25, 0.3) is 5.91 Å². The molecule has 0 aliphatic rings. The molecule has 1 aromatic carbocycles. The maximum Gasteiger partial charge on any atom is 0.305 e. The molecular formula is C13H10FN3O4. The zero-order valence-electron chi connectivity index (χ0n) is 10.9. The van der Waals surface area contributed by atoms with Crippen molar-refractivity contribution in [3.05, 3.63) is 58.0 Å². The van der Waals surface area contributed by atoms with Gasteiger partial charge in [0.15, 0.2) is 0 Å². The number of hydrogen-bond acceptors (Lipinski definition) is 5. The first kappa shape index (κ1) is 14.4. The first-order valence-corrected chi connectivity index (χ1v) is 5.77. The molecule has 0 spiro atoms. The Morgan fingerprint density at radius 1 is 1.43 bits per heavy atom. The zero-order valence-corrected chi connectivity index (χ0v) is 10.9. The molecule has 1 heterocycles. The molecule has 8 heteroatoms. The van der Waals surface area contributed by atoms with Crippen molar-refractivity contribution in [2.45, 2.75) is 0 Å². The van der Waals surface area contributed by atoms with E-state index in [1.165, 1.54) is 13.3 Å². The normalized spacial score (nSPS) is 10.0. The van der Waals surface area contributed by atoms with Crippen LogP contribution < -0.4 is 10.1 Å². The van der Waals surface area contributed by atoms with Crippen LogP contribution in [0.15, 0.2) is 36.5 Å². The number of nitro groups is 1. The van der Waals surface area contributed by atoms with Crippen LogP contribution in [0.5, 0.6) is 5.88 Å². The maximum atomic E-state index is 13.2. The molecule has 0 atom stereocenters. The number of nitro benzene ring substituents is 1. The standard InChI is InChI=1S/C13H10FN3O4/c1-21-13-10(3-2-6-15-13)16-12(18)8-4-5-9(14)11(7-8)17(19)20/h2-7H,1H3,(H,16,18). The molecule has 2 aromatic rings. The lowest BCUT2D eigenvalue weighted by atomic mass is 10.2. The predicted molar refractivity (Wildman–Crippen MR) is 71.8 cm³/mol. The van der Waals surface area contributed by atoms with Crippen LogP contribution >= 0.6 is 0 Å². The van der Waals surface area contributed by atoms with Crippen LogP contribution in [-0.4, -0.2) is 22.9 Å². The lowest BCUT2D eigenvalue weighted by Gasteiger charge is -2.08. The summed E-state index contributed by atoms with van der Waals surface area (Å²) < 4.78 is 18.2. The topological polar surface area (TPSA) is 94.4 Å². The number of amides is 1. The highest BCUT2D eigenvalue weighted by atomic mass is 19.1. The average Bonchev–Trinajstić information content (AvgIpc) is 2.47. The highest BCUT2D eigenvalue weighted by Crippen LogP contribution is 2.22. The summed E-state index contributed by atoms with van der Waals surface area (Å²) in [4.78, 5) is 25.7. The molecule has 0 fully saturated rings. The predicted octanol–water partition coefficient (Wildman–Crippen LogP) is 2.39. The number of anilines is 1. The van der Waals surface area contributed by atoms with Gasteiger partial charge in [-0.3, -0.25) is 14.9 Å². The first-order chi connectivity index (χ1) is 10.0. The van der Waals surface area contributed by atoms with E-state index >= 15 is 0 Å². The average molecular weight is 291 g/mol. The summed E-state index contributed by atoms with van der Waals surface area (Å²) in [6, 6.07) is 6.04. The molecule has 0 aliphatic heterocycles. The van der Waals surface area contributed by atoms with Gasteiger partial charge in [-0.1, -0.05) is 0 Å². The van der Waals surface area contributed by atoms with Crippen LogP contribution in [0, 0.1) is 15.9 Å². The summed E-state index contributed by atoms with van der Waals surface area (Å²) in [6.07, 6.45) is 1.48. The lowest BCUT2D eigenvalue weighted by molar-refractivity contribution is -0.387. The highest BCUT2D eigenvalue weighted by molar-refractivity contribution is 6.05. The fourth-order valence-electron chi connectivity index (χ4n) is 1.64. The summed E-state index contributed by atoms with van der Waals surface area (Å²) in [5, 5.41) is 13.2. The molecule has 1 amide bonds. The van der Waals surface area contributed by atoms with Crippen molar-refractivity contribution in [3.63, 3.8) is 0 Å². The molecule has 21 heavy (non-hydrogen) atoms. The molecule has 0 unspecified atom stereocenters. The first-order valence-electron chi connectivity index (χ1n) is 5.77. The number of carbonyl (C=O) groups is 1. The van der Waals surface area contributed by atoms with E-state index in [1.807, 2.05) is 0 Å². The maximum absolute atomic E-state index is 13.2. The Hall–Kier alpha value is -3.03. The fourth-order valence-corrected chi connectivity index (χ4v) is 1.64. The Balaban J connectivity index is 2.29. The fraction of sp³-hybridized carbons (Fsp3) is 0.0769. The quantitative estimate of drug-likeness (QED) is 0.689. The molecule has 0 radical (unpaired) electrons. The molecule has 1 aromatic heterocycles. The number of methoxy groups -OCH3 is 1.